The van der Waals surface area contributed by atoms with Gasteiger partial charge in [-0.1, -0.05) is 13.5 Å². The Morgan fingerprint density at radius 3 is 2.62 bits per heavy atom. The lowest BCUT2D eigenvalue weighted by molar-refractivity contribution is -0.140. The van der Waals surface area contributed by atoms with Crippen LogP contribution in [0, 0.1) is 11.8 Å². The minimum Gasteiger partial charge on any atom is -0.313 e. The first kappa shape index (κ1) is 11.3. The summed E-state index contributed by atoms with van der Waals surface area (Å²) in [6.07, 6.45) is 1.84. The molecule has 2 atom stereocenters. The standard InChI is InChI=1S/C12H18N2O2/c1-3-4-13-6-8(2)7-14-11(15)9-5-10(9)12(14)16/h9-10,13H,2-7H2,1H3. The van der Waals surface area contributed by atoms with Crippen molar-refractivity contribution in [2.24, 2.45) is 11.8 Å². The van der Waals surface area contributed by atoms with Crippen LogP contribution in [0.15, 0.2) is 12.2 Å². The molecule has 2 unspecified atom stereocenters. The third-order valence-electron chi connectivity index (χ3n) is 3.14. The van der Waals surface area contributed by atoms with E-state index in [1.165, 1.54) is 4.90 Å². The zero-order valence-electron chi connectivity index (χ0n) is 9.66. The van der Waals surface area contributed by atoms with Gasteiger partial charge in [-0.05, 0) is 25.0 Å². The molecule has 1 aliphatic carbocycles. The second-order valence-corrected chi connectivity index (χ2v) is 4.64. The molecule has 1 N–H and O–H groups in total. The first-order valence-corrected chi connectivity index (χ1v) is 5.87. The molecule has 2 rings (SSSR count). The van der Waals surface area contributed by atoms with E-state index in [-0.39, 0.29) is 23.7 Å². The van der Waals surface area contributed by atoms with Crippen LogP contribution in [0.4, 0.5) is 0 Å². The van der Waals surface area contributed by atoms with Crippen LogP contribution in [0.5, 0.6) is 0 Å². The van der Waals surface area contributed by atoms with Crippen LogP contribution in [-0.2, 0) is 9.59 Å². The Morgan fingerprint density at radius 2 is 2.06 bits per heavy atom. The van der Waals surface area contributed by atoms with E-state index < -0.39 is 0 Å². The van der Waals surface area contributed by atoms with Gasteiger partial charge in [0.05, 0.1) is 18.4 Å². The maximum absolute atomic E-state index is 11.7. The highest BCUT2D eigenvalue weighted by Gasteiger charge is 2.58. The van der Waals surface area contributed by atoms with Crippen LogP contribution in [0.1, 0.15) is 19.8 Å². The number of fused-ring (bicyclic) bond motifs is 1. The van der Waals surface area contributed by atoms with E-state index in [2.05, 4.69) is 18.8 Å². The Morgan fingerprint density at radius 1 is 1.44 bits per heavy atom. The van der Waals surface area contributed by atoms with Gasteiger partial charge in [0.15, 0.2) is 0 Å². The van der Waals surface area contributed by atoms with E-state index in [4.69, 9.17) is 0 Å². The summed E-state index contributed by atoms with van der Waals surface area (Å²) < 4.78 is 0. The Kier molecular flexibility index (Phi) is 3.10. The summed E-state index contributed by atoms with van der Waals surface area (Å²) in [5.41, 5.74) is 0.899. The molecule has 0 aromatic rings. The van der Waals surface area contributed by atoms with Crippen LogP contribution in [-0.4, -0.2) is 36.3 Å². The SMILES string of the molecule is C=C(CNCCC)CN1C(=O)C2CC2C1=O. The van der Waals surface area contributed by atoms with E-state index in [0.717, 1.165) is 25.0 Å². The molecular formula is C12H18N2O2. The number of nitrogens with zero attached hydrogens (tertiary/aromatic N) is 1. The highest BCUT2D eigenvalue weighted by atomic mass is 16.2. The van der Waals surface area contributed by atoms with Gasteiger partial charge in [-0.3, -0.25) is 14.5 Å². The largest absolute Gasteiger partial charge is 0.313 e. The summed E-state index contributed by atoms with van der Waals surface area (Å²) >= 11 is 0. The minimum absolute atomic E-state index is 0.00361. The minimum atomic E-state index is 0.00361. The van der Waals surface area contributed by atoms with Crippen LogP contribution in [0.25, 0.3) is 0 Å². The normalized spacial score (nSPS) is 27.2. The molecule has 0 radical (unpaired) electrons. The molecule has 0 aromatic heterocycles. The number of piperidine rings is 1. The number of hydrogen-bond donors (Lipinski definition) is 1. The average Bonchev–Trinajstić information content (AvgIpc) is 3.00. The van der Waals surface area contributed by atoms with E-state index >= 15 is 0 Å². The summed E-state index contributed by atoms with van der Waals surface area (Å²) in [5, 5.41) is 3.21. The maximum Gasteiger partial charge on any atom is 0.233 e. The van der Waals surface area contributed by atoms with Gasteiger partial charge in [-0.2, -0.15) is 0 Å². The number of hydrogen-bond acceptors (Lipinski definition) is 3. The van der Waals surface area contributed by atoms with E-state index in [9.17, 15) is 9.59 Å². The van der Waals surface area contributed by atoms with Crippen molar-refractivity contribution in [2.45, 2.75) is 19.8 Å². The van der Waals surface area contributed by atoms with Gasteiger partial charge in [-0.25, -0.2) is 0 Å². The molecule has 0 aromatic carbocycles. The molecule has 4 heteroatoms. The highest BCUT2D eigenvalue weighted by molar-refractivity contribution is 6.09. The molecule has 2 fully saturated rings. The lowest BCUT2D eigenvalue weighted by Gasteiger charge is -2.18. The first-order chi connectivity index (χ1) is 7.65. The van der Waals surface area contributed by atoms with Crippen molar-refractivity contribution < 1.29 is 9.59 Å². The molecule has 0 bridgehead atoms. The van der Waals surface area contributed by atoms with Gasteiger partial charge in [0, 0.05) is 6.54 Å². The van der Waals surface area contributed by atoms with E-state index in [0.29, 0.717) is 13.1 Å². The monoisotopic (exact) mass is 222 g/mol. The Balaban J connectivity index is 1.79. The molecule has 1 heterocycles. The molecular weight excluding hydrogens is 204 g/mol. The van der Waals surface area contributed by atoms with Gasteiger partial charge in [0.25, 0.3) is 0 Å². The summed E-state index contributed by atoms with van der Waals surface area (Å²) in [6.45, 7) is 7.99. The number of likely N-dealkylation sites (tertiary alicyclic amines) is 1. The van der Waals surface area contributed by atoms with Gasteiger partial charge < -0.3 is 5.32 Å². The number of amides is 2. The number of rotatable bonds is 6. The van der Waals surface area contributed by atoms with Gasteiger partial charge in [0.2, 0.25) is 11.8 Å². The number of carbonyl (C=O) groups excluding carboxylic acids is 2. The topological polar surface area (TPSA) is 49.4 Å². The fourth-order valence-corrected chi connectivity index (χ4v) is 2.13. The lowest BCUT2D eigenvalue weighted by atomic mass is 10.2. The smallest absolute Gasteiger partial charge is 0.233 e. The molecule has 0 spiro atoms. The van der Waals surface area contributed by atoms with Crippen molar-refractivity contribution in [1.29, 1.82) is 0 Å². The van der Waals surface area contributed by atoms with Gasteiger partial charge in [0.1, 0.15) is 0 Å². The van der Waals surface area contributed by atoms with Crippen LogP contribution in [0.2, 0.25) is 0 Å². The predicted molar refractivity (Wildman–Crippen MR) is 60.6 cm³/mol. The molecule has 2 aliphatic rings. The molecule has 1 aliphatic heterocycles. The fraction of sp³-hybridized carbons (Fsp3) is 0.667. The van der Waals surface area contributed by atoms with Crippen molar-refractivity contribution in [3.8, 4) is 0 Å². The maximum atomic E-state index is 11.7. The van der Waals surface area contributed by atoms with Gasteiger partial charge >= 0.3 is 0 Å². The first-order valence-electron chi connectivity index (χ1n) is 5.87. The molecule has 88 valence electrons. The second kappa shape index (κ2) is 4.37. The summed E-state index contributed by atoms with van der Waals surface area (Å²) in [6, 6.07) is 0. The van der Waals surface area contributed by atoms with Crippen LogP contribution >= 0.6 is 0 Å². The molecule has 16 heavy (non-hydrogen) atoms. The summed E-state index contributed by atoms with van der Waals surface area (Å²) in [5.74, 6) is 0.0195. The average molecular weight is 222 g/mol. The number of imide groups is 1. The fourth-order valence-electron chi connectivity index (χ4n) is 2.13. The van der Waals surface area contributed by atoms with Crippen molar-refractivity contribution in [2.75, 3.05) is 19.6 Å². The van der Waals surface area contributed by atoms with Crippen LogP contribution in [0.3, 0.4) is 0 Å². The summed E-state index contributed by atoms with van der Waals surface area (Å²) in [7, 11) is 0. The molecule has 1 saturated carbocycles. The summed E-state index contributed by atoms with van der Waals surface area (Å²) in [4.78, 5) is 24.7. The molecule has 2 amide bonds. The van der Waals surface area contributed by atoms with Crippen molar-refractivity contribution >= 4 is 11.8 Å². The quantitative estimate of drug-likeness (QED) is 0.405. The van der Waals surface area contributed by atoms with E-state index in [1.807, 2.05) is 0 Å². The third-order valence-corrected chi connectivity index (χ3v) is 3.14. The van der Waals surface area contributed by atoms with E-state index in [1.54, 1.807) is 0 Å². The predicted octanol–water partition coefficient (Wildman–Crippen LogP) is 0.547. The second-order valence-electron chi connectivity index (χ2n) is 4.64. The lowest BCUT2D eigenvalue weighted by Crippen LogP contribution is -2.36. The van der Waals surface area contributed by atoms with Crippen LogP contribution < -0.4 is 5.32 Å². The molecule has 1 saturated heterocycles. The third kappa shape index (κ3) is 2.02. The zero-order chi connectivity index (χ0) is 11.7. The number of nitrogens with one attached hydrogen (secondary N) is 1. The van der Waals surface area contributed by atoms with Gasteiger partial charge in [-0.15, -0.1) is 0 Å². The highest BCUT2D eigenvalue weighted by Crippen LogP contribution is 2.46. The zero-order valence-corrected chi connectivity index (χ0v) is 9.66. The molecule has 4 nitrogen and oxygen atoms in total. The number of carbonyl (C=O) groups is 2. The Bertz CT molecular complexity index is 318. The van der Waals surface area contributed by atoms with Crippen molar-refractivity contribution in [1.82, 2.24) is 10.2 Å². The van der Waals surface area contributed by atoms with Crippen molar-refractivity contribution in [3.63, 3.8) is 0 Å². The Labute approximate surface area is 95.7 Å². The Hall–Kier alpha value is -1.16. The van der Waals surface area contributed by atoms with Crippen molar-refractivity contribution in [3.05, 3.63) is 12.2 Å².